The number of aliphatic hydroxyl groups excluding tert-OH is 1. The lowest BCUT2D eigenvalue weighted by atomic mass is 9.81. The lowest BCUT2D eigenvalue weighted by Gasteiger charge is -2.34. The molecule has 2 fully saturated rings. The van der Waals surface area contributed by atoms with Gasteiger partial charge in [0.2, 0.25) is 0 Å². The molecule has 4 nitrogen and oxygen atoms in total. The smallest absolute Gasteiger partial charge is 0.0771 e. The molecule has 3 atom stereocenters. The second-order valence-corrected chi connectivity index (χ2v) is 5.97. The van der Waals surface area contributed by atoms with E-state index in [1.54, 1.807) is 0 Å². The first-order valence-corrected chi connectivity index (χ1v) is 6.03. The van der Waals surface area contributed by atoms with E-state index in [0.717, 1.165) is 18.6 Å². The van der Waals surface area contributed by atoms with Gasteiger partial charge in [-0.15, -0.1) is 0 Å². The van der Waals surface area contributed by atoms with Crippen molar-refractivity contribution in [2.45, 2.75) is 39.2 Å². The number of hydrogen-bond donors (Lipinski definition) is 3. The Kier molecular flexibility index (Phi) is 2.75. The molecule has 16 heavy (non-hydrogen) atoms. The Morgan fingerprint density at radius 1 is 1.38 bits per heavy atom. The van der Waals surface area contributed by atoms with Gasteiger partial charge in [0.25, 0.3) is 0 Å². The minimum atomic E-state index is -0.244. The molecule has 0 aliphatic heterocycles. The van der Waals surface area contributed by atoms with E-state index in [4.69, 9.17) is 10.3 Å². The van der Waals surface area contributed by atoms with Crippen LogP contribution in [0.5, 0.6) is 0 Å². The standard InChI is InChI=1S/C12H22N2O2/c1-11(2)8-6-10(14-16)12(3,7-9(8)11)13-4-5-15/h8-9,13,15-16H,4-7H2,1-3H3. The van der Waals surface area contributed by atoms with Crippen molar-refractivity contribution < 1.29 is 10.3 Å². The van der Waals surface area contributed by atoms with Crippen LogP contribution >= 0.6 is 0 Å². The Morgan fingerprint density at radius 2 is 2.06 bits per heavy atom. The summed E-state index contributed by atoms with van der Waals surface area (Å²) in [5.74, 6) is 1.39. The normalized spacial score (nSPS) is 43.1. The molecular weight excluding hydrogens is 204 g/mol. The fraction of sp³-hybridized carbons (Fsp3) is 0.917. The highest BCUT2D eigenvalue weighted by molar-refractivity contribution is 5.94. The van der Waals surface area contributed by atoms with E-state index in [0.29, 0.717) is 23.8 Å². The number of oxime groups is 1. The average Bonchev–Trinajstić information content (AvgIpc) is 2.76. The van der Waals surface area contributed by atoms with E-state index < -0.39 is 0 Å². The first-order valence-electron chi connectivity index (χ1n) is 6.03. The molecule has 0 aromatic carbocycles. The van der Waals surface area contributed by atoms with Crippen LogP contribution in [-0.2, 0) is 0 Å². The quantitative estimate of drug-likeness (QED) is 0.501. The van der Waals surface area contributed by atoms with E-state index in [1.807, 2.05) is 0 Å². The van der Waals surface area contributed by atoms with Gasteiger partial charge in [0, 0.05) is 6.54 Å². The molecule has 0 amide bonds. The third-order valence-corrected chi connectivity index (χ3v) is 4.71. The lowest BCUT2D eigenvalue weighted by Crippen LogP contribution is -2.52. The highest BCUT2D eigenvalue weighted by atomic mass is 16.4. The van der Waals surface area contributed by atoms with Crippen LogP contribution in [0.3, 0.4) is 0 Å². The van der Waals surface area contributed by atoms with Crippen LogP contribution in [0.25, 0.3) is 0 Å². The summed E-state index contributed by atoms with van der Waals surface area (Å²) in [6.45, 7) is 7.31. The van der Waals surface area contributed by atoms with Gasteiger partial charge in [0.15, 0.2) is 0 Å². The Bertz CT molecular complexity index is 314. The van der Waals surface area contributed by atoms with Crippen molar-refractivity contribution in [2.75, 3.05) is 13.2 Å². The second kappa shape index (κ2) is 3.70. The van der Waals surface area contributed by atoms with Crippen molar-refractivity contribution in [1.29, 1.82) is 0 Å². The Hall–Kier alpha value is -0.610. The van der Waals surface area contributed by atoms with E-state index in [1.165, 1.54) is 0 Å². The maximum atomic E-state index is 9.12. The molecule has 0 aromatic rings. The Labute approximate surface area is 96.7 Å². The molecule has 3 unspecified atom stereocenters. The molecular formula is C12H22N2O2. The summed E-state index contributed by atoms with van der Waals surface area (Å²) in [6.07, 6.45) is 1.88. The van der Waals surface area contributed by atoms with Crippen LogP contribution in [0.2, 0.25) is 0 Å². The van der Waals surface area contributed by atoms with Crippen LogP contribution < -0.4 is 5.32 Å². The van der Waals surface area contributed by atoms with Gasteiger partial charge in [0.1, 0.15) is 0 Å². The maximum Gasteiger partial charge on any atom is 0.0771 e. The fourth-order valence-corrected chi connectivity index (χ4v) is 3.32. The summed E-state index contributed by atoms with van der Waals surface area (Å²) in [6, 6.07) is 0. The first kappa shape index (κ1) is 11.9. The molecule has 0 radical (unpaired) electrons. The van der Waals surface area contributed by atoms with Crippen molar-refractivity contribution in [3.05, 3.63) is 0 Å². The van der Waals surface area contributed by atoms with Crippen molar-refractivity contribution in [3.8, 4) is 0 Å². The number of nitrogens with zero attached hydrogens (tertiary/aromatic N) is 1. The molecule has 2 aliphatic carbocycles. The van der Waals surface area contributed by atoms with Crippen LogP contribution in [0, 0.1) is 17.3 Å². The minimum absolute atomic E-state index is 0.117. The number of aliphatic hydroxyl groups is 1. The van der Waals surface area contributed by atoms with Crippen molar-refractivity contribution >= 4 is 5.71 Å². The molecule has 2 saturated carbocycles. The van der Waals surface area contributed by atoms with E-state index in [-0.39, 0.29) is 12.1 Å². The summed E-state index contributed by atoms with van der Waals surface area (Å²) >= 11 is 0. The zero-order chi connectivity index (χ0) is 12.0. The number of nitrogens with one attached hydrogen (secondary N) is 1. The molecule has 3 N–H and O–H groups in total. The molecule has 0 bridgehead atoms. The predicted molar refractivity (Wildman–Crippen MR) is 62.7 cm³/mol. The van der Waals surface area contributed by atoms with Gasteiger partial charge < -0.3 is 15.6 Å². The molecule has 4 heteroatoms. The fourth-order valence-electron chi connectivity index (χ4n) is 3.32. The zero-order valence-corrected chi connectivity index (χ0v) is 10.3. The first-order chi connectivity index (χ1) is 7.45. The number of fused-ring (bicyclic) bond motifs is 1. The highest BCUT2D eigenvalue weighted by Gasteiger charge is 2.63. The third kappa shape index (κ3) is 1.64. The summed E-state index contributed by atoms with van der Waals surface area (Å²) in [5.41, 5.74) is 0.980. The van der Waals surface area contributed by atoms with Gasteiger partial charge in [-0.3, -0.25) is 0 Å². The number of hydrogen-bond acceptors (Lipinski definition) is 4. The van der Waals surface area contributed by atoms with Gasteiger partial charge in [0.05, 0.1) is 17.9 Å². The zero-order valence-electron chi connectivity index (χ0n) is 10.3. The van der Waals surface area contributed by atoms with Gasteiger partial charge in [-0.2, -0.15) is 0 Å². The monoisotopic (exact) mass is 226 g/mol. The summed E-state index contributed by atoms with van der Waals surface area (Å²) in [7, 11) is 0. The second-order valence-electron chi connectivity index (χ2n) is 5.97. The third-order valence-electron chi connectivity index (χ3n) is 4.71. The lowest BCUT2D eigenvalue weighted by molar-refractivity contribution is 0.258. The summed E-state index contributed by atoms with van der Waals surface area (Å²) in [5, 5.41) is 24.8. The Balaban J connectivity index is 2.13. The molecule has 0 heterocycles. The summed E-state index contributed by atoms with van der Waals surface area (Å²) < 4.78 is 0. The van der Waals surface area contributed by atoms with Crippen LogP contribution in [-0.4, -0.2) is 34.7 Å². The minimum Gasteiger partial charge on any atom is -0.411 e. The number of β-amino-alcohol motifs (C(OH)–C–C–N with tert-alkyl or cyclic N) is 1. The molecule has 2 aliphatic rings. The molecule has 2 rings (SSSR count). The van der Waals surface area contributed by atoms with Gasteiger partial charge in [-0.25, -0.2) is 0 Å². The van der Waals surface area contributed by atoms with E-state index in [2.05, 4.69) is 31.2 Å². The average molecular weight is 226 g/mol. The van der Waals surface area contributed by atoms with E-state index in [9.17, 15) is 0 Å². The van der Waals surface area contributed by atoms with Gasteiger partial charge >= 0.3 is 0 Å². The summed E-state index contributed by atoms with van der Waals surface area (Å²) in [4.78, 5) is 0. The maximum absolute atomic E-state index is 9.12. The largest absolute Gasteiger partial charge is 0.411 e. The van der Waals surface area contributed by atoms with Crippen LogP contribution in [0.4, 0.5) is 0 Å². The SMILES string of the molecule is CC1(NCCO)CC2C(CC1=NO)C2(C)C. The molecule has 0 aromatic heterocycles. The molecule has 0 spiro atoms. The van der Waals surface area contributed by atoms with Crippen molar-refractivity contribution in [3.63, 3.8) is 0 Å². The molecule has 0 saturated heterocycles. The van der Waals surface area contributed by atoms with Gasteiger partial charge in [-0.1, -0.05) is 19.0 Å². The number of rotatable bonds is 3. The Morgan fingerprint density at radius 3 is 2.62 bits per heavy atom. The van der Waals surface area contributed by atoms with Crippen LogP contribution in [0.15, 0.2) is 5.16 Å². The van der Waals surface area contributed by atoms with Crippen LogP contribution in [0.1, 0.15) is 33.6 Å². The topological polar surface area (TPSA) is 64.8 Å². The van der Waals surface area contributed by atoms with Crippen molar-refractivity contribution in [1.82, 2.24) is 5.32 Å². The van der Waals surface area contributed by atoms with Crippen molar-refractivity contribution in [2.24, 2.45) is 22.4 Å². The van der Waals surface area contributed by atoms with E-state index >= 15 is 0 Å². The van der Waals surface area contributed by atoms with Gasteiger partial charge in [-0.05, 0) is 37.0 Å². The molecule has 92 valence electrons. The predicted octanol–water partition coefficient (Wildman–Crippen LogP) is 1.22. The highest BCUT2D eigenvalue weighted by Crippen LogP contribution is 2.65.